The number of ether oxygens (including phenoxy) is 1. The Morgan fingerprint density at radius 1 is 1.41 bits per heavy atom. The SMILES string of the molecule is Cc1cnc([C@@H]2OCCC[C@@H]2S(=O)(=O)O)nc1. The molecule has 0 aromatic carbocycles. The summed E-state index contributed by atoms with van der Waals surface area (Å²) in [5.41, 5.74) is 0.882. The Morgan fingerprint density at radius 3 is 2.65 bits per heavy atom. The molecule has 6 nitrogen and oxygen atoms in total. The second-order valence-electron chi connectivity index (χ2n) is 4.11. The molecule has 94 valence electrons. The average molecular weight is 258 g/mol. The summed E-state index contributed by atoms with van der Waals surface area (Å²) in [7, 11) is -4.14. The van der Waals surface area contributed by atoms with E-state index in [0.717, 1.165) is 5.56 Å². The summed E-state index contributed by atoms with van der Waals surface area (Å²) in [6, 6.07) is 0. The van der Waals surface area contributed by atoms with Gasteiger partial charge in [-0.2, -0.15) is 8.42 Å². The van der Waals surface area contributed by atoms with E-state index in [0.29, 0.717) is 25.3 Å². The molecule has 1 N–H and O–H groups in total. The Bertz CT molecular complexity index is 486. The Morgan fingerprint density at radius 2 is 2.06 bits per heavy atom. The van der Waals surface area contributed by atoms with Crippen molar-refractivity contribution in [3.63, 3.8) is 0 Å². The summed E-state index contributed by atoms with van der Waals surface area (Å²) >= 11 is 0. The summed E-state index contributed by atoms with van der Waals surface area (Å²) in [5.74, 6) is 0.304. The summed E-state index contributed by atoms with van der Waals surface area (Å²) < 4.78 is 37.1. The number of hydrogen-bond acceptors (Lipinski definition) is 5. The van der Waals surface area contributed by atoms with Gasteiger partial charge in [0.15, 0.2) is 5.82 Å². The smallest absolute Gasteiger partial charge is 0.270 e. The highest BCUT2D eigenvalue weighted by molar-refractivity contribution is 7.86. The third kappa shape index (κ3) is 2.80. The van der Waals surface area contributed by atoms with Crippen molar-refractivity contribution in [1.82, 2.24) is 9.97 Å². The normalized spacial score (nSPS) is 25.8. The van der Waals surface area contributed by atoms with Crippen LogP contribution in [0.3, 0.4) is 0 Å². The van der Waals surface area contributed by atoms with Gasteiger partial charge in [-0.3, -0.25) is 4.55 Å². The molecule has 2 atom stereocenters. The van der Waals surface area contributed by atoms with E-state index in [-0.39, 0.29) is 0 Å². The molecule has 7 heteroatoms. The molecule has 0 spiro atoms. The number of hydrogen-bond donors (Lipinski definition) is 1. The molecule has 2 heterocycles. The first-order valence-electron chi connectivity index (χ1n) is 5.35. The second kappa shape index (κ2) is 4.67. The van der Waals surface area contributed by atoms with Crippen LogP contribution in [-0.4, -0.2) is 34.8 Å². The highest BCUT2D eigenvalue weighted by Crippen LogP contribution is 2.30. The Labute approximate surface area is 99.8 Å². The predicted molar refractivity (Wildman–Crippen MR) is 60.0 cm³/mol. The van der Waals surface area contributed by atoms with E-state index in [4.69, 9.17) is 9.29 Å². The van der Waals surface area contributed by atoms with E-state index >= 15 is 0 Å². The molecule has 2 rings (SSSR count). The Hall–Kier alpha value is -1.05. The molecule has 1 fully saturated rings. The van der Waals surface area contributed by atoms with Gasteiger partial charge in [-0.15, -0.1) is 0 Å². The maximum absolute atomic E-state index is 11.3. The molecule has 0 bridgehead atoms. The Balaban J connectivity index is 2.31. The monoisotopic (exact) mass is 258 g/mol. The van der Waals surface area contributed by atoms with Gasteiger partial charge in [0.05, 0.1) is 0 Å². The van der Waals surface area contributed by atoms with Crippen LogP contribution >= 0.6 is 0 Å². The highest BCUT2D eigenvalue weighted by atomic mass is 32.2. The number of aryl methyl sites for hydroxylation is 1. The van der Waals surface area contributed by atoms with Crippen LogP contribution in [0.15, 0.2) is 12.4 Å². The summed E-state index contributed by atoms with van der Waals surface area (Å²) in [6.45, 7) is 2.29. The van der Waals surface area contributed by atoms with Gasteiger partial charge in [0, 0.05) is 19.0 Å². The minimum absolute atomic E-state index is 0.304. The number of aromatic nitrogens is 2. The zero-order valence-corrected chi connectivity index (χ0v) is 10.2. The quantitative estimate of drug-likeness (QED) is 0.792. The zero-order chi connectivity index (χ0) is 12.5. The molecule has 17 heavy (non-hydrogen) atoms. The van der Waals surface area contributed by atoms with Gasteiger partial charge >= 0.3 is 0 Å². The van der Waals surface area contributed by atoms with E-state index < -0.39 is 21.5 Å². The third-order valence-corrected chi connectivity index (χ3v) is 3.95. The van der Waals surface area contributed by atoms with Crippen LogP contribution in [0, 0.1) is 6.92 Å². The summed E-state index contributed by atoms with van der Waals surface area (Å²) in [5, 5.41) is -0.973. The largest absolute Gasteiger partial charge is 0.369 e. The first-order chi connectivity index (χ1) is 7.98. The number of nitrogens with zero attached hydrogens (tertiary/aromatic N) is 2. The molecular formula is C10H14N2O4S. The third-order valence-electron chi connectivity index (χ3n) is 2.71. The lowest BCUT2D eigenvalue weighted by Crippen LogP contribution is -2.34. The fraction of sp³-hybridized carbons (Fsp3) is 0.600. The zero-order valence-electron chi connectivity index (χ0n) is 9.41. The van der Waals surface area contributed by atoms with E-state index in [1.807, 2.05) is 6.92 Å². The van der Waals surface area contributed by atoms with Gasteiger partial charge in [0.25, 0.3) is 10.1 Å². The van der Waals surface area contributed by atoms with E-state index in [2.05, 4.69) is 9.97 Å². The van der Waals surface area contributed by atoms with Crippen molar-refractivity contribution >= 4 is 10.1 Å². The molecule has 1 aliphatic rings. The average Bonchev–Trinajstić information content (AvgIpc) is 2.29. The molecule has 1 aromatic heterocycles. The molecule has 1 aliphatic heterocycles. The van der Waals surface area contributed by atoms with Crippen molar-refractivity contribution in [3.05, 3.63) is 23.8 Å². The van der Waals surface area contributed by atoms with Crippen molar-refractivity contribution in [2.45, 2.75) is 31.1 Å². The lowest BCUT2D eigenvalue weighted by molar-refractivity contribution is 0.0108. The van der Waals surface area contributed by atoms with Crippen LogP contribution in [0.2, 0.25) is 0 Å². The maximum atomic E-state index is 11.3. The topological polar surface area (TPSA) is 89.4 Å². The Kier molecular flexibility index (Phi) is 3.41. The van der Waals surface area contributed by atoms with Crippen LogP contribution in [-0.2, 0) is 14.9 Å². The lowest BCUT2D eigenvalue weighted by atomic mass is 10.1. The van der Waals surface area contributed by atoms with Crippen molar-refractivity contribution in [3.8, 4) is 0 Å². The molecule has 1 aromatic rings. The molecular weight excluding hydrogens is 244 g/mol. The van der Waals surface area contributed by atoms with Crippen molar-refractivity contribution in [2.75, 3.05) is 6.61 Å². The standard InChI is InChI=1S/C10H14N2O4S/c1-7-5-11-10(12-6-7)9-8(17(13,14)15)3-2-4-16-9/h5-6,8-9H,2-4H2,1H3,(H,13,14,15)/t8-,9+/m0/s1. The first-order valence-corrected chi connectivity index (χ1v) is 6.85. The van der Waals surface area contributed by atoms with Crippen molar-refractivity contribution in [2.24, 2.45) is 0 Å². The molecule has 1 saturated heterocycles. The molecule has 0 aliphatic carbocycles. The van der Waals surface area contributed by atoms with E-state index in [9.17, 15) is 8.42 Å². The van der Waals surface area contributed by atoms with Gasteiger partial charge < -0.3 is 4.74 Å². The first kappa shape index (κ1) is 12.4. The van der Waals surface area contributed by atoms with Gasteiger partial charge in [-0.05, 0) is 25.3 Å². The minimum Gasteiger partial charge on any atom is -0.369 e. The lowest BCUT2D eigenvalue weighted by Gasteiger charge is -2.28. The van der Waals surface area contributed by atoms with E-state index in [1.54, 1.807) is 12.4 Å². The van der Waals surface area contributed by atoms with Gasteiger partial charge in [0.1, 0.15) is 11.4 Å². The fourth-order valence-electron chi connectivity index (χ4n) is 1.85. The maximum Gasteiger partial charge on any atom is 0.270 e. The van der Waals surface area contributed by atoms with Gasteiger partial charge in [-0.1, -0.05) is 0 Å². The highest BCUT2D eigenvalue weighted by Gasteiger charge is 2.38. The minimum atomic E-state index is -4.14. The molecule has 0 saturated carbocycles. The molecule has 0 radical (unpaired) electrons. The molecule has 0 amide bonds. The van der Waals surface area contributed by atoms with E-state index in [1.165, 1.54) is 0 Å². The fourth-order valence-corrected chi connectivity index (χ4v) is 2.83. The van der Waals surface area contributed by atoms with Crippen LogP contribution in [0.1, 0.15) is 30.3 Å². The van der Waals surface area contributed by atoms with Crippen LogP contribution in [0.25, 0.3) is 0 Å². The van der Waals surface area contributed by atoms with Crippen LogP contribution in [0.4, 0.5) is 0 Å². The summed E-state index contributed by atoms with van der Waals surface area (Å²) in [4.78, 5) is 8.11. The van der Waals surface area contributed by atoms with Crippen molar-refractivity contribution < 1.29 is 17.7 Å². The predicted octanol–water partition coefficient (Wildman–Crippen LogP) is 0.893. The van der Waals surface area contributed by atoms with Crippen molar-refractivity contribution in [1.29, 1.82) is 0 Å². The van der Waals surface area contributed by atoms with Crippen LogP contribution < -0.4 is 0 Å². The van der Waals surface area contributed by atoms with Gasteiger partial charge in [0.2, 0.25) is 0 Å². The molecule has 0 unspecified atom stereocenters. The second-order valence-corrected chi connectivity index (χ2v) is 5.74. The van der Waals surface area contributed by atoms with Crippen LogP contribution in [0.5, 0.6) is 0 Å². The van der Waals surface area contributed by atoms with Gasteiger partial charge in [-0.25, -0.2) is 9.97 Å². The number of rotatable bonds is 2. The summed E-state index contributed by atoms with van der Waals surface area (Å²) in [6.07, 6.45) is 3.38.